The van der Waals surface area contributed by atoms with Gasteiger partial charge in [0.15, 0.2) is 0 Å². The van der Waals surface area contributed by atoms with Gasteiger partial charge in [-0.3, -0.25) is 4.98 Å². The number of hydrogen-bond acceptors (Lipinski definition) is 2. The van der Waals surface area contributed by atoms with Crippen LogP contribution in [0, 0.1) is 18.7 Å². The summed E-state index contributed by atoms with van der Waals surface area (Å²) in [7, 11) is 1.43. The van der Waals surface area contributed by atoms with Crippen molar-refractivity contribution in [1.29, 1.82) is 0 Å². The van der Waals surface area contributed by atoms with Gasteiger partial charge in [0, 0.05) is 16.6 Å². The van der Waals surface area contributed by atoms with Crippen molar-refractivity contribution in [1.82, 2.24) is 4.98 Å². The topological polar surface area (TPSA) is 22.1 Å². The zero-order chi connectivity index (χ0) is 22.1. The maximum Gasteiger partial charge on any atom is 0.392 e. The Labute approximate surface area is 173 Å². The molecule has 0 bridgehead atoms. The first-order valence-electron chi connectivity index (χ1n) is 9.77. The molecule has 0 radical (unpaired) electrons. The molecule has 1 aromatic heterocycles. The molecule has 6 heteroatoms. The SMILES string of the molecule is COc1ccc(F)cc1C(C)(C)CC(Cc1cc(C)nc2ccccc12)C(F)(F)F. The van der Waals surface area contributed by atoms with Crippen LogP contribution in [-0.4, -0.2) is 18.3 Å². The third-order valence-corrected chi connectivity index (χ3v) is 5.51. The summed E-state index contributed by atoms with van der Waals surface area (Å²) in [6.45, 7) is 5.16. The Balaban J connectivity index is 2.00. The summed E-state index contributed by atoms with van der Waals surface area (Å²) in [5.74, 6) is -1.73. The van der Waals surface area contributed by atoms with E-state index in [0.717, 1.165) is 5.39 Å². The number of pyridine rings is 1. The second-order valence-corrected chi connectivity index (χ2v) is 8.32. The molecule has 3 rings (SSSR count). The number of aromatic nitrogens is 1. The normalized spacial score (nSPS) is 13.5. The molecule has 0 aliphatic heterocycles. The van der Waals surface area contributed by atoms with E-state index in [1.165, 1.54) is 25.3 Å². The van der Waals surface area contributed by atoms with E-state index in [1.54, 1.807) is 45.0 Å². The highest BCUT2D eigenvalue weighted by Gasteiger charge is 2.43. The molecule has 2 nitrogen and oxygen atoms in total. The molecule has 3 aromatic rings. The molecule has 0 saturated heterocycles. The fourth-order valence-electron chi connectivity index (χ4n) is 4.07. The fourth-order valence-corrected chi connectivity index (χ4v) is 4.07. The van der Waals surface area contributed by atoms with E-state index in [1.807, 2.05) is 6.07 Å². The number of methoxy groups -OCH3 is 1. The lowest BCUT2D eigenvalue weighted by atomic mass is 9.74. The first-order chi connectivity index (χ1) is 14.0. The van der Waals surface area contributed by atoms with Crippen molar-refractivity contribution in [2.75, 3.05) is 7.11 Å². The van der Waals surface area contributed by atoms with Gasteiger partial charge >= 0.3 is 6.18 Å². The van der Waals surface area contributed by atoms with E-state index in [-0.39, 0.29) is 12.8 Å². The van der Waals surface area contributed by atoms with Crippen LogP contribution in [0.25, 0.3) is 10.9 Å². The van der Waals surface area contributed by atoms with E-state index in [0.29, 0.717) is 28.1 Å². The Hall–Kier alpha value is -2.63. The van der Waals surface area contributed by atoms with E-state index in [2.05, 4.69) is 4.98 Å². The molecule has 0 fully saturated rings. The number of fused-ring (bicyclic) bond motifs is 1. The van der Waals surface area contributed by atoms with Gasteiger partial charge in [-0.2, -0.15) is 13.2 Å². The van der Waals surface area contributed by atoms with Gasteiger partial charge in [-0.05, 0) is 61.1 Å². The summed E-state index contributed by atoms with van der Waals surface area (Å²) >= 11 is 0. The van der Waals surface area contributed by atoms with Crippen LogP contribution >= 0.6 is 0 Å². The van der Waals surface area contributed by atoms with Crippen molar-refractivity contribution in [2.45, 2.75) is 45.2 Å². The molecule has 30 heavy (non-hydrogen) atoms. The molecular weight excluding hydrogens is 394 g/mol. The molecule has 1 heterocycles. The summed E-state index contributed by atoms with van der Waals surface area (Å²) in [4.78, 5) is 4.42. The van der Waals surface area contributed by atoms with Crippen LogP contribution in [0.3, 0.4) is 0 Å². The highest BCUT2D eigenvalue weighted by Crippen LogP contribution is 2.43. The van der Waals surface area contributed by atoms with Gasteiger partial charge in [0.05, 0.1) is 18.5 Å². The molecule has 0 N–H and O–H groups in total. The minimum atomic E-state index is -4.41. The molecule has 0 aliphatic carbocycles. The van der Waals surface area contributed by atoms with Gasteiger partial charge in [-0.1, -0.05) is 32.0 Å². The number of halogens is 4. The number of nitrogens with zero attached hydrogens (tertiary/aromatic N) is 1. The summed E-state index contributed by atoms with van der Waals surface area (Å²) in [6.07, 6.45) is -4.78. The summed E-state index contributed by atoms with van der Waals surface area (Å²) in [5.41, 5.74) is 1.44. The first-order valence-corrected chi connectivity index (χ1v) is 9.77. The number of hydrogen-bond donors (Lipinski definition) is 0. The molecule has 160 valence electrons. The second kappa shape index (κ2) is 8.25. The quantitative estimate of drug-likeness (QED) is 0.411. The predicted octanol–water partition coefficient (Wildman–Crippen LogP) is 6.78. The van der Waals surface area contributed by atoms with Crippen molar-refractivity contribution in [2.24, 2.45) is 5.92 Å². The van der Waals surface area contributed by atoms with Gasteiger partial charge < -0.3 is 4.74 Å². The van der Waals surface area contributed by atoms with E-state index in [9.17, 15) is 17.6 Å². The summed E-state index contributed by atoms with van der Waals surface area (Å²) in [6, 6.07) is 12.9. The fraction of sp³-hybridized carbons (Fsp3) is 0.375. The maximum absolute atomic E-state index is 14.1. The Kier molecular flexibility index (Phi) is 6.06. The number of rotatable bonds is 6. The Morgan fingerprint density at radius 1 is 1.03 bits per heavy atom. The third-order valence-electron chi connectivity index (χ3n) is 5.51. The Bertz CT molecular complexity index is 1040. The van der Waals surface area contributed by atoms with Gasteiger partial charge in [0.1, 0.15) is 11.6 Å². The minimum Gasteiger partial charge on any atom is -0.496 e. The minimum absolute atomic E-state index is 0.172. The third kappa shape index (κ3) is 4.74. The average molecular weight is 419 g/mol. The lowest BCUT2D eigenvalue weighted by Crippen LogP contribution is -2.32. The van der Waals surface area contributed by atoms with Gasteiger partial charge in [0.25, 0.3) is 0 Å². The zero-order valence-corrected chi connectivity index (χ0v) is 17.5. The Morgan fingerprint density at radius 2 is 1.73 bits per heavy atom. The van der Waals surface area contributed by atoms with Crippen molar-refractivity contribution >= 4 is 10.9 Å². The molecular formula is C24H25F4NO. The van der Waals surface area contributed by atoms with Crippen molar-refractivity contribution in [3.63, 3.8) is 0 Å². The monoisotopic (exact) mass is 419 g/mol. The van der Waals surface area contributed by atoms with Crippen molar-refractivity contribution in [3.8, 4) is 5.75 Å². The smallest absolute Gasteiger partial charge is 0.392 e. The molecule has 1 atom stereocenters. The molecule has 0 aliphatic rings. The van der Waals surface area contributed by atoms with Gasteiger partial charge in [-0.15, -0.1) is 0 Å². The first kappa shape index (κ1) is 22.1. The van der Waals surface area contributed by atoms with Crippen LogP contribution in [-0.2, 0) is 11.8 Å². The molecule has 1 unspecified atom stereocenters. The zero-order valence-electron chi connectivity index (χ0n) is 17.5. The lowest BCUT2D eigenvalue weighted by Gasteiger charge is -2.33. The summed E-state index contributed by atoms with van der Waals surface area (Å²) < 4.78 is 61.4. The van der Waals surface area contributed by atoms with E-state index in [4.69, 9.17) is 4.74 Å². The number of para-hydroxylation sites is 1. The number of aryl methyl sites for hydroxylation is 1. The lowest BCUT2D eigenvalue weighted by molar-refractivity contribution is -0.179. The van der Waals surface area contributed by atoms with Crippen LogP contribution in [0.1, 0.15) is 37.1 Å². The van der Waals surface area contributed by atoms with Crippen LogP contribution in [0.2, 0.25) is 0 Å². The Morgan fingerprint density at radius 3 is 2.40 bits per heavy atom. The van der Waals surface area contributed by atoms with Crippen LogP contribution in [0.5, 0.6) is 5.75 Å². The van der Waals surface area contributed by atoms with Crippen LogP contribution < -0.4 is 4.74 Å². The average Bonchev–Trinajstić information content (AvgIpc) is 2.66. The highest BCUT2D eigenvalue weighted by molar-refractivity contribution is 5.82. The largest absolute Gasteiger partial charge is 0.496 e. The molecule has 0 spiro atoms. The van der Waals surface area contributed by atoms with E-state index < -0.39 is 23.3 Å². The number of alkyl halides is 3. The summed E-state index contributed by atoms with van der Waals surface area (Å²) in [5, 5.41) is 0.721. The van der Waals surface area contributed by atoms with Crippen molar-refractivity contribution < 1.29 is 22.3 Å². The highest BCUT2D eigenvalue weighted by atomic mass is 19.4. The molecule has 2 aromatic carbocycles. The van der Waals surface area contributed by atoms with Gasteiger partial charge in [0.2, 0.25) is 0 Å². The predicted molar refractivity (Wildman–Crippen MR) is 110 cm³/mol. The van der Waals surface area contributed by atoms with Crippen LogP contribution in [0.15, 0.2) is 48.5 Å². The molecule has 0 amide bonds. The molecule has 0 saturated carbocycles. The van der Waals surface area contributed by atoms with Crippen molar-refractivity contribution in [3.05, 3.63) is 71.2 Å². The number of ether oxygens (including phenoxy) is 1. The maximum atomic E-state index is 14.1. The second-order valence-electron chi connectivity index (χ2n) is 8.32. The standard InChI is InChI=1S/C24H25F4NO/c1-15-11-16(19-7-5-6-8-21(19)29-15)12-17(24(26,27)28)14-23(2,3)20-13-18(25)9-10-22(20)30-4/h5-11,13,17H,12,14H2,1-4H3. The van der Waals surface area contributed by atoms with Gasteiger partial charge in [-0.25, -0.2) is 4.39 Å². The van der Waals surface area contributed by atoms with E-state index >= 15 is 0 Å². The van der Waals surface area contributed by atoms with Crippen LogP contribution in [0.4, 0.5) is 17.6 Å². The number of benzene rings is 2.